The number of rotatable bonds is 7. The Balaban J connectivity index is 1.34. The third-order valence-electron chi connectivity index (χ3n) is 4.56. The Kier molecular flexibility index (Phi) is 6.56. The molecule has 166 valence electrons. The molecule has 0 fully saturated rings. The SMILES string of the molecule is Cc1occc1C(=O)Nc1nc(CC(=O)Nc2cccc(C(=O)Nc3ccncc3)c2)cs1. The molecule has 0 unspecified atom stereocenters. The number of nitrogens with one attached hydrogen (secondary N) is 3. The first-order valence-electron chi connectivity index (χ1n) is 9.89. The molecule has 4 aromatic rings. The highest BCUT2D eigenvalue weighted by molar-refractivity contribution is 7.14. The van der Waals surface area contributed by atoms with Gasteiger partial charge in [-0.1, -0.05) is 6.07 Å². The predicted molar refractivity (Wildman–Crippen MR) is 124 cm³/mol. The van der Waals surface area contributed by atoms with Crippen molar-refractivity contribution in [1.82, 2.24) is 9.97 Å². The molecule has 0 atom stereocenters. The maximum absolute atomic E-state index is 12.5. The molecule has 0 bridgehead atoms. The zero-order chi connectivity index (χ0) is 23.2. The van der Waals surface area contributed by atoms with Crippen molar-refractivity contribution in [2.24, 2.45) is 0 Å². The standard InChI is InChI=1S/C23H19N5O4S/c1-14-19(7-10-32-14)22(31)28-23-27-18(13-33-23)12-20(29)25-17-4-2-3-15(11-17)21(30)26-16-5-8-24-9-6-16/h2-11,13H,12H2,1H3,(H,25,29)(H,24,26,30)(H,27,28,31). The largest absolute Gasteiger partial charge is 0.469 e. The number of carbonyl (C=O) groups excluding carboxylic acids is 3. The molecule has 33 heavy (non-hydrogen) atoms. The Morgan fingerprint density at radius 1 is 0.970 bits per heavy atom. The van der Waals surface area contributed by atoms with E-state index in [4.69, 9.17) is 4.42 Å². The van der Waals surface area contributed by atoms with Crippen LogP contribution in [0.1, 0.15) is 32.2 Å². The Bertz CT molecular complexity index is 1300. The Morgan fingerprint density at radius 3 is 2.55 bits per heavy atom. The van der Waals surface area contributed by atoms with Gasteiger partial charge in [0, 0.05) is 34.7 Å². The number of aryl methyl sites for hydroxylation is 1. The lowest BCUT2D eigenvalue weighted by molar-refractivity contribution is -0.115. The number of carbonyl (C=O) groups is 3. The van der Waals surface area contributed by atoms with E-state index in [1.165, 1.54) is 17.6 Å². The van der Waals surface area contributed by atoms with Crippen molar-refractivity contribution in [3.8, 4) is 0 Å². The van der Waals surface area contributed by atoms with E-state index in [9.17, 15) is 14.4 Å². The molecule has 1 aromatic carbocycles. The molecule has 0 saturated carbocycles. The van der Waals surface area contributed by atoms with Crippen LogP contribution >= 0.6 is 11.3 Å². The highest BCUT2D eigenvalue weighted by Gasteiger charge is 2.15. The second kappa shape index (κ2) is 9.88. The second-order valence-corrected chi connectivity index (χ2v) is 7.84. The van der Waals surface area contributed by atoms with Crippen LogP contribution in [0.4, 0.5) is 16.5 Å². The van der Waals surface area contributed by atoms with Crippen LogP contribution in [-0.2, 0) is 11.2 Å². The summed E-state index contributed by atoms with van der Waals surface area (Å²) < 4.78 is 5.13. The van der Waals surface area contributed by atoms with Crippen LogP contribution in [-0.4, -0.2) is 27.7 Å². The van der Waals surface area contributed by atoms with Gasteiger partial charge in [-0.15, -0.1) is 11.3 Å². The molecule has 9 nitrogen and oxygen atoms in total. The number of hydrogen-bond donors (Lipinski definition) is 3. The molecule has 0 spiro atoms. The van der Waals surface area contributed by atoms with Gasteiger partial charge in [0.1, 0.15) is 5.76 Å². The summed E-state index contributed by atoms with van der Waals surface area (Å²) in [5.74, 6) is -0.408. The van der Waals surface area contributed by atoms with E-state index in [1.54, 1.807) is 67.2 Å². The summed E-state index contributed by atoms with van der Waals surface area (Å²) in [5, 5.41) is 10.3. The molecule has 3 N–H and O–H groups in total. The number of pyridine rings is 1. The molecule has 0 saturated heterocycles. The van der Waals surface area contributed by atoms with Gasteiger partial charge >= 0.3 is 0 Å². The fourth-order valence-electron chi connectivity index (χ4n) is 2.98. The Hall–Kier alpha value is -4.31. The average Bonchev–Trinajstić information content (AvgIpc) is 3.43. The normalized spacial score (nSPS) is 10.5. The molecule has 0 radical (unpaired) electrons. The summed E-state index contributed by atoms with van der Waals surface area (Å²) in [7, 11) is 0. The summed E-state index contributed by atoms with van der Waals surface area (Å²) in [6, 6.07) is 11.6. The Morgan fingerprint density at radius 2 is 1.79 bits per heavy atom. The molecular formula is C23H19N5O4S. The van der Waals surface area contributed by atoms with Gasteiger partial charge in [0.25, 0.3) is 11.8 Å². The highest BCUT2D eigenvalue weighted by Crippen LogP contribution is 2.19. The maximum atomic E-state index is 12.5. The van der Waals surface area contributed by atoms with Crippen molar-refractivity contribution in [3.63, 3.8) is 0 Å². The molecule has 3 aromatic heterocycles. The van der Waals surface area contributed by atoms with Gasteiger partial charge in [0.05, 0.1) is 23.9 Å². The number of nitrogens with zero attached hydrogens (tertiary/aromatic N) is 2. The lowest BCUT2D eigenvalue weighted by atomic mass is 10.1. The fraction of sp³-hybridized carbons (Fsp3) is 0.0870. The molecule has 0 aliphatic heterocycles. The van der Waals surface area contributed by atoms with Crippen LogP contribution in [0.25, 0.3) is 0 Å². The van der Waals surface area contributed by atoms with E-state index in [0.29, 0.717) is 39.1 Å². The van der Waals surface area contributed by atoms with Crippen molar-refractivity contribution < 1.29 is 18.8 Å². The van der Waals surface area contributed by atoms with Gasteiger partial charge in [-0.05, 0) is 43.3 Å². The lowest BCUT2D eigenvalue weighted by Crippen LogP contribution is -2.16. The zero-order valence-electron chi connectivity index (χ0n) is 17.5. The molecule has 0 aliphatic rings. The summed E-state index contributed by atoms with van der Waals surface area (Å²) >= 11 is 1.23. The van der Waals surface area contributed by atoms with Crippen LogP contribution in [0.15, 0.2) is 70.9 Å². The number of benzene rings is 1. The summed E-state index contributed by atoms with van der Waals surface area (Å²) in [4.78, 5) is 45.4. The van der Waals surface area contributed by atoms with Crippen LogP contribution in [0.2, 0.25) is 0 Å². The lowest BCUT2D eigenvalue weighted by Gasteiger charge is -2.08. The van der Waals surface area contributed by atoms with Crippen molar-refractivity contribution in [3.05, 3.63) is 89.1 Å². The molecule has 3 amide bonds. The third-order valence-corrected chi connectivity index (χ3v) is 5.37. The van der Waals surface area contributed by atoms with Gasteiger partial charge in [0.15, 0.2) is 5.13 Å². The van der Waals surface area contributed by atoms with Crippen LogP contribution < -0.4 is 16.0 Å². The predicted octanol–water partition coefficient (Wildman–Crippen LogP) is 4.13. The van der Waals surface area contributed by atoms with Crippen molar-refractivity contribution in [2.75, 3.05) is 16.0 Å². The van der Waals surface area contributed by atoms with Crippen LogP contribution in [0, 0.1) is 6.92 Å². The molecule has 4 rings (SSSR count). The minimum atomic E-state index is -0.326. The summed E-state index contributed by atoms with van der Waals surface area (Å²) in [6.07, 6.45) is 4.63. The van der Waals surface area contributed by atoms with Gasteiger partial charge in [-0.25, -0.2) is 4.98 Å². The first-order valence-corrected chi connectivity index (χ1v) is 10.8. The third kappa shape index (κ3) is 5.69. The summed E-state index contributed by atoms with van der Waals surface area (Å²) in [6.45, 7) is 1.70. The highest BCUT2D eigenvalue weighted by atomic mass is 32.1. The van der Waals surface area contributed by atoms with E-state index in [1.807, 2.05) is 0 Å². The van der Waals surface area contributed by atoms with E-state index in [-0.39, 0.29) is 24.1 Å². The van der Waals surface area contributed by atoms with Crippen LogP contribution in [0.5, 0.6) is 0 Å². The minimum absolute atomic E-state index is 0.0184. The van der Waals surface area contributed by atoms with E-state index < -0.39 is 0 Å². The minimum Gasteiger partial charge on any atom is -0.469 e. The molecule has 3 heterocycles. The molecule has 10 heteroatoms. The average molecular weight is 462 g/mol. The van der Waals surface area contributed by atoms with E-state index in [0.717, 1.165) is 0 Å². The monoisotopic (exact) mass is 461 g/mol. The topological polar surface area (TPSA) is 126 Å². The number of aromatic nitrogens is 2. The van der Waals surface area contributed by atoms with Crippen LogP contribution in [0.3, 0.4) is 0 Å². The quantitative estimate of drug-likeness (QED) is 0.380. The Labute approximate surface area is 192 Å². The van der Waals surface area contributed by atoms with E-state index >= 15 is 0 Å². The zero-order valence-corrected chi connectivity index (χ0v) is 18.3. The maximum Gasteiger partial charge on any atom is 0.260 e. The smallest absolute Gasteiger partial charge is 0.260 e. The first-order chi connectivity index (χ1) is 16.0. The number of amides is 3. The number of thiazole rings is 1. The van der Waals surface area contributed by atoms with Crippen molar-refractivity contribution in [2.45, 2.75) is 13.3 Å². The number of furan rings is 1. The molecule has 0 aliphatic carbocycles. The second-order valence-electron chi connectivity index (χ2n) is 6.98. The van der Waals surface area contributed by atoms with E-state index in [2.05, 4.69) is 25.9 Å². The van der Waals surface area contributed by atoms with Gasteiger partial charge in [-0.3, -0.25) is 24.7 Å². The number of anilines is 3. The van der Waals surface area contributed by atoms with Gasteiger partial charge in [0.2, 0.25) is 5.91 Å². The number of hydrogen-bond acceptors (Lipinski definition) is 7. The van der Waals surface area contributed by atoms with Crippen molar-refractivity contribution in [1.29, 1.82) is 0 Å². The van der Waals surface area contributed by atoms with Crippen molar-refractivity contribution >= 4 is 45.6 Å². The fourth-order valence-corrected chi connectivity index (χ4v) is 3.68. The summed E-state index contributed by atoms with van der Waals surface area (Å²) in [5.41, 5.74) is 2.46. The molecular weight excluding hydrogens is 442 g/mol. The van der Waals surface area contributed by atoms with Gasteiger partial charge < -0.3 is 15.1 Å². The van der Waals surface area contributed by atoms with Gasteiger partial charge in [-0.2, -0.15) is 0 Å². The first kappa shape index (κ1) is 21.9.